The van der Waals surface area contributed by atoms with Crippen molar-refractivity contribution in [1.82, 2.24) is 24.6 Å². The first kappa shape index (κ1) is 16.1. The highest BCUT2D eigenvalue weighted by atomic mass is 16.2. The van der Waals surface area contributed by atoms with Crippen LogP contribution < -0.4 is 0 Å². The van der Waals surface area contributed by atoms with Gasteiger partial charge < -0.3 is 9.47 Å². The molecule has 0 N–H and O–H groups in total. The molecule has 118 valence electrons. The van der Waals surface area contributed by atoms with Gasteiger partial charge in [0.05, 0.1) is 17.8 Å². The van der Waals surface area contributed by atoms with Crippen LogP contribution in [0.5, 0.6) is 0 Å². The third-order valence-corrected chi connectivity index (χ3v) is 3.68. The summed E-state index contributed by atoms with van der Waals surface area (Å²) in [6.07, 6.45) is 2.36. The Bertz CT molecular complexity index is 662. The molecule has 1 amide bonds. The second kappa shape index (κ2) is 6.68. The fraction of sp³-hybridized carbons (Fsp3) is 0.500. The van der Waals surface area contributed by atoms with Gasteiger partial charge in [-0.2, -0.15) is 0 Å². The molecule has 2 aromatic rings. The van der Waals surface area contributed by atoms with Crippen LogP contribution in [0.1, 0.15) is 54.3 Å². The maximum atomic E-state index is 12.7. The molecule has 2 aromatic heterocycles. The van der Waals surface area contributed by atoms with Gasteiger partial charge in [0.25, 0.3) is 5.91 Å². The molecule has 0 bridgehead atoms. The van der Waals surface area contributed by atoms with Crippen molar-refractivity contribution >= 4 is 5.91 Å². The summed E-state index contributed by atoms with van der Waals surface area (Å²) in [5.74, 6) is 1.06. The van der Waals surface area contributed by atoms with Crippen LogP contribution in [0.15, 0.2) is 18.5 Å². The van der Waals surface area contributed by atoms with Crippen molar-refractivity contribution in [2.45, 2.75) is 39.7 Å². The van der Waals surface area contributed by atoms with Crippen LogP contribution in [0.25, 0.3) is 0 Å². The van der Waals surface area contributed by atoms with Gasteiger partial charge in [-0.3, -0.25) is 9.78 Å². The topological polar surface area (TPSA) is 63.9 Å². The first-order valence-corrected chi connectivity index (χ1v) is 7.52. The van der Waals surface area contributed by atoms with Crippen molar-refractivity contribution in [1.29, 1.82) is 0 Å². The second-order valence-electron chi connectivity index (χ2n) is 5.76. The van der Waals surface area contributed by atoms with E-state index >= 15 is 0 Å². The van der Waals surface area contributed by atoms with Gasteiger partial charge in [0, 0.05) is 19.8 Å². The molecule has 22 heavy (non-hydrogen) atoms. The number of carbonyl (C=O) groups is 1. The van der Waals surface area contributed by atoms with E-state index in [1.54, 1.807) is 18.3 Å². The molecular formula is C16H23N5O. The van der Waals surface area contributed by atoms with E-state index < -0.39 is 0 Å². The maximum absolute atomic E-state index is 12.7. The largest absolute Gasteiger partial charge is 0.334 e. The Hall–Kier alpha value is -2.24. The van der Waals surface area contributed by atoms with Crippen LogP contribution in [-0.2, 0) is 20.0 Å². The fourth-order valence-electron chi connectivity index (χ4n) is 2.24. The molecular weight excluding hydrogens is 278 g/mol. The van der Waals surface area contributed by atoms with E-state index in [-0.39, 0.29) is 5.91 Å². The minimum absolute atomic E-state index is 0.0392. The minimum atomic E-state index is -0.0392. The molecule has 0 radical (unpaired) electrons. The Balaban J connectivity index is 2.23. The Morgan fingerprint density at radius 3 is 2.64 bits per heavy atom. The van der Waals surface area contributed by atoms with E-state index in [0.29, 0.717) is 18.0 Å². The first-order chi connectivity index (χ1) is 10.4. The number of hydrogen-bond acceptors (Lipinski definition) is 4. The molecule has 0 unspecified atom stereocenters. The molecule has 0 fully saturated rings. The second-order valence-corrected chi connectivity index (χ2v) is 5.76. The lowest BCUT2D eigenvalue weighted by molar-refractivity contribution is 0.0778. The highest BCUT2D eigenvalue weighted by molar-refractivity contribution is 5.95. The van der Waals surface area contributed by atoms with Gasteiger partial charge in [0.15, 0.2) is 5.82 Å². The molecule has 2 heterocycles. The number of carbonyl (C=O) groups excluding carboxylic acids is 1. The first-order valence-electron chi connectivity index (χ1n) is 7.52. The summed E-state index contributed by atoms with van der Waals surface area (Å²) in [6.45, 7) is 6.64. The summed E-state index contributed by atoms with van der Waals surface area (Å²) in [7, 11) is 3.64. The zero-order valence-corrected chi connectivity index (χ0v) is 13.9. The van der Waals surface area contributed by atoms with Gasteiger partial charge in [-0.1, -0.05) is 20.8 Å². The molecule has 0 atom stereocenters. The third kappa shape index (κ3) is 3.32. The van der Waals surface area contributed by atoms with Gasteiger partial charge in [-0.15, -0.1) is 10.2 Å². The molecule has 6 heteroatoms. The van der Waals surface area contributed by atoms with Gasteiger partial charge in [-0.25, -0.2) is 0 Å². The summed E-state index contributed by atoms with van der Waals surface area (Å²) >= 11 is 0. The summed E-state index contributed by atoms with van der Waals surface area (Å²) in [4.78, 5) is 18.9. The predicted molar refractivity (Wildman–Crippen MR) is 84.5 cm³/mol. The lowest BCUT2D eigenvalue weighted by atomic mass is 10.0. The lowest BCUT2D eigenvalue weighted by Crippen LogP contribution is -2.28. The summed E-state index contributed by atoms with van der Waals surface area (Å²) in [5.41, 5.74) is 2.53. The van der Waals surface area contributed by atoms with Crippen molar-refractivity contribution < 1.29 is 4.79 Å². The zero-order chi connectivity index (χ0) is 16.3. The van der Waals surface area contributed by atoms with Gasteiger partial charge >= 0.3 is 0 Å². The molecule has 0 aromatic carbocycles. The number of aromatic nitrogens is 4. The standard InChI is InChI=1S/C16H23N5O/c1-6-13-12(7-8-14(18-13)11(2)3)16(22)20(4)9-15-19-17-10-21(15)5/h7-8,10-11H,6,9H2,1-5H3. The number of hydrogen-bond donors (Lipinski definition) is 0. The van der Waals surface area contributed by atoms with Crippen LogP contribution in [0, 0.1) is 0 Å². The Labute approximate surface area is 131 Å². The minimum Gasteiger partial charge on any atom is -0.334 e. The predicted octanol–water partition coefficient (Wildman–Crippen LogP) is 2.17. The Morgan fingerprint density at radius 2 is 2.09 bits per heavy atom. The van der Waals surface area contributed by atoms with Crippen LogP contribution in [0.4, 0.5) is 0 Å². The average Bonchev–Trinajstić information content (AvgIpc) is 2.90. The van der Waals surface area contributed by atoms with Crippen LogP contribution in [0.3, 0.4) is 0 Å². The van der Waals surface area contributed by atoms with Gasteiger partial charge in [0.2, 0.25) is 0 Å². The Kier molecular flexibility index (Phi) is 4.90. The molecule has 0 saturated heterocycles. The number of nitrogens with zero attached hydrogens (tertiary/aromatic N) is 5. The van der Waals surface area contributed by atoms with Crippen molar-refractivity contribution in [2.24, 2.45) is 7.05 Å². The van der Waals surface area contributed by atoms with Gasteiger partial charge in [-0.05, 0) is 24.5 Å². The van der Waals surface area contributed by atoms with E-state index in [1.165, 1.54) is 0 Å². The van der Waals surface area contributed by atoms with Crippen molar-refractivity contribution in [3.8, 4) is 0 Å². The molecule has 0 aliphatic rings. The monoisotopic (exact) mass is 301 g/mol. The van der Waals surface area contributed by atoms with Crippen LogP contribution in [-0.4, -0.2) is 37.6 Å². The smallest absolute Gasteiger partial charge is 0.255 e. The van der Waals surface area contributed by atoms with Crippen LogP contribution in [0.2, 0.25) is 0 Å². The molecule has 0 spiro atoms. The van der Waals surface area contributed by atoms with Crippen LogP contribution >= 0.6 is 0 Å². The van der Waals surface area contributed by atoms with Crippen molar-refractivity contribution in [2.75, 3.05) is 7.05 Å². The third-order valence-electron chi connectivity index (χ3n) is 3.68. The zero-order valence-electron chi connectivity index (χ0n) is 13.9. The summed E-state index contributed by atoms with van der Waals surface area (Å²) in [6, 6.07) is 3.82. The summed E-state index contributed by atoms with van der Waals surface area (Å²) < 4.78 is 1.81. The van der Waals surface area contributed by atoms with E-state index in [2.05, 4.69) is 29.0 Å². The fourth-order valence-corrected chi connectivity index (χ4v) is 2.24. The number of rotatable bonds is 5. The quantitative estimate of drug-likeness (QED) is 0.849. The number of amides is 1. The highest BCUT2D eigenvalue weighted by Gasteiger charge is 2.18. The molecule has 0 aliphatic heterocycles. The van der Waals surface area contributed by atoms with E-state index in [4.69, 9.17) is 0 Å². The lowest BCUT2D eigenvalue weighted by Gasteiger charge is -2.18. The van der Waals surface area contributed by atoms with Crippen molar-refractivity contribution in [3.05, 3.63) is 41.2 Å². The molecule has 6 nitrogen and oxygen atoms in total. The SMILES string of the molecule is CCc1nc(C(C)C)ccc1C(=O)N(C)Cc1nncn1C. The van der Waals surface area contributed by atoms with E-state index in [0.717, 1.165) is 23.6 Å². The maximum Gasteiger partial charge on any atom is 0.255 e. The molecule has 0 saturated carbocycles. The van der Waals surface area contributed by atoms with E-state index in [9.17, 15) is 4.79 Å². The molecule has 0 aliphatic carbocycles. The average molecular weight is 301 g/mol. The Morgan fingerprint density at radius 1 is 1.36 bits per heavy atom. The van der Waals surface area contributed by atoms with E-state index in [1.807, 2.05) is 30.7 Å². The highest BCUT2D eigenvalue weighted by Crippen LogP contribution is 2.17. The summed E-state index contributed by atoms with van der Waals surface area (Å²) in [5, 5.41) is 7.85. The normalized spacial score (nSPS) is 11.0. The van der Waals surface area contributed by atoms with Gasteiger partial charge in [0.1, 0.15) is 6.33 Å². The number of pyridine rings is 1. The molecule has 2 rings (SSSR count). The number of aryl methyl sites for hydroxylation is 2. The van der Waals surface area contributed by atoms with Crippen molar-refractivity contribution in [3.63, 3.8) is 0 Å².